The Hall–Kier alpha value is -2.05. The minimum Gasteiger partial charge on any atom is -0.466 e. The van der Waals surface area contributed by atoms with E-state index in [2.05, 4.69) is 10.4 Å². The molecule has 1 aromatic heterocycles. The van der Waals surface area contributed by atoms with E-state index >= 15 is 0 Å². The van der Waals surface area contributed by atoms with E-state index in [4.69, 9.17) is 10.5 Å². The van der Waals surface area contributed by atoms with Gasteiger partial charge < -0.3 is 15.8 Å². The first-order chi connectivity index (χ1) is 10.1. The number of carbonyl (C=O) groups excluding carboxylic acids is 2. The van der Waals surface area contributed by atoms with Gasteiger partial charge in [0.25, 0.3) is 0 Å². The summed E-state index contributed by atoms with van der Waals surface area (Å²) in [5.41, 5.74) is 6.09. The maximum Gasteiger partial charge on any atom is 0.308 e. The summed E-state index contributed by atoms with van der Waals surface area (Å²) in [5.74, 6) is -0.226. The monoisotopic (exact) mass is 294 g/mol. The van der Waals surface area contributed by atoms with Gasteiger partial charge in [-0.3, -0.25) is 14.3 Å². The van der Waals surface area contributed by atoms with Gasteiger partial charge in [0, 0.05) is 12.2 Å². The average Bonchev–Trinajstić information content (AvgIpc) is 2.85. The summed E-state index contributed by atoms with van der Waals surface area (Å²) in [5, 5.41) is 6.95. The van der Waals surface area contributed by atoms with Gasteiger partial charge in [-0.15, -0.1) is 0 Å². The van der Waals surface area contributed by atoms with E-state index in [0.717, 1.165) is 25.7 Å². The largest absolute Gasteiger partial charge is 0.466 e. The molecular weight excluding hydrogens is 272 g/mol. The van der Waals surface area contributed by atoms with E-state index in [1.807, 2.05) is 6.92 Å². The maximum absolute atomic E-state index is 11.9. The molecule has 0 spiro atoms. The van der Waals surface area contributed by atoms with Gasteiger partial charge in [-0.25, -0.2) is 0 Å². The molecule has 1 saturated carbocycles. The molecule has 0 atom stereocenters. The van der Waals surface area contributed by atoms with Crippen molar-refractivity contribution in [3.8, 4) is 0 Å². The highest BCUT2D eigenvalue weighted by Gasteiger charge is 2.27. The van der Waals surface area contributed by atoms with Gasteiger partial charge in [-0.05, 0) is 32.6 Å². The van der Waals surface area contributed by atoms with Crippen molar-refractivity contribution in [1.29, 1.82) is 0 Å². The first kappa shape index (κ1) is 15.3. The van der Waals surface area contributed by atoms with E-state index in [0.29, 0.717) is 12.3 Å². The van der Waals surface area contributed by atoms with Crippen LogP contribution in [0.25, 0.3) is 0 Å². The number of carbonyl (C=O) groups is 2. The van der Waals surface area contributed by atoms with E-state index in [9.17, 15) is 9.59 Å². The Kier molecular flexibility index (Phi) is 5.19. The maximum atomic E-state index is 11.9. The van der Waals surface area contributed by atoms with E-state index in [-0.39, 0.29) is 30.4 Å². The molecule has 0 aliphatic heterocycles. The molecule has 1 heterocycles. The third kappa shape index (κ3) is 4.47. The summed E-state index contributed by atoms with van der Waals surface area (Å²) in [6, 6.07) is 0.121. The molecular formula is C14H22N4O3. The summed E-state index contributed by atoms with van der Waals surface area (Å²) in [6.45, 7) is 2.39. The Labute approximate surface area is 123 Å². The first-order valence-corrected chi connectivity index (χ1v) is 7.32. The second-order valence-corrected chi connectivity index (χ2v) is 5.34. The number of nitrogen functional groups attached to an aromatic ring is 1. The fourth-order valence-corrected chi connectivity index (χ4v) is 2.62. The molecule has 0 radical (unpaired) electrons. The normalized spacial score (nSPS) is 21.8. The number of nitrogens with one attached hydrogen (secondary N) is 1. The Morgan fingerprint density at radius 2 is 2.14 bits per heavy atom. The third-order valence-corrected chi connectivity index (χ3v) is 3.67. The molecule has 1 aliphatic rings. The summed E-state index contributed by atoms with van der Waals surface area (Å²) in [4.78, 5) is 23.5. The van der Waals surface area contributed by atoms with Gasteiger partial charge in [0.1, 0.15) is 6.54 Å². The number of anilines is 1. The van der Waals surface area contributed by atoms with Crippen LogP contribution in [-0.2, 0) is 20.9 Å². The van der Waals surface area contributed by atoms with Crippen LogP contribution in [0.15, 0.2) is 12.4 Å². The zero-order valence-corrected chi connectivity index (χ0v) is 12.2. The molecule has 2 rings (SSSR count). The molecule has 21 heavy (non-hydrogen) atoms. The summed E-state index contributed by atoms with van der Waals surface area (Å²) in [7, 11) is 0. The number of aromatic nitrogens is 2. The zero-order valence-electron chi connectivity index (χ0n) is 12.2. The van der Waals surface area contributed by atoms with Crippen LogP contribution in [0, 0.1) is 5.92 Å². The smallest absolute Gasteiger partial charge is 0.308 e. The quantitative estimate of drug-likeness (QED) is 0.779. The molecule has 0 aromatic carbocycles. The molecule has 3 N–H and O–H groups in total. The van der Waals surface area contributed by atoms with Crippen molar-refractivity contribution in [2.45, 2.75) is 45.2 Å². The third-order valence-electron chi connectivity index (χ3n) is 3.67. The van der Waals surface area contributed by atoms with Gasteiger partial charge in [-0.1, -0.05) is 0 Å². The van der Waals surface area contributed by atoms with Crippen molar-refractivity contribution in [2.24, 2.45) is 5.92 Å². The van der Waals surface area contributed by atoms with Crippen LogP contribution in [0.3, 0.4) is 0 Å². The molecule has 116 valence electrons. The van der Waals surface area contributed by atoms with Crippen molar-refractivity contribution in [3.05, 3.63) is 12.4 Å². The topological polar surface area (TPSA) is 99.2 Å². The Morgan fingerprint density at radius 3 is 2.71 bits per heavy atom. The lowest BCUT2D eigenvalue weighted by Gasteiger charge is -2.27. The number of hydrogen-bond acceptors (Lipinski definition) is 5. The molecule has 7 nitrogen and oxygen atoms in total. The SMILES string of the molecule is CCOC(=O)C1CCC(NC(=O)Cn2cc(N)cn2)CC1. The molecule has 1 aliphatic carbocycles. The van der Waals surface area contributed by atoms with Gasteiger partial charge in [0.05, 0.1) is 24.4 Å². The predicted octanol–water partition coefficient (Wildman–Crippen LogP) is 0.703. The van der Waals surface area contributed by atoms with Gasteiger partial charge in [0.2, 0.25) is 5.91 Å². The Morgan fingerprint density at radius 1 is 1.43 bits per heavy atom. The fraction of sp³-hybridized carbons (Fsp3) is 0.643. The minimum absolute atomic E-state index is 0.0241. The standard InChI is InChI=1S/C14H22N4O3/c1-2-21-14(20)10-3-5-12(6-4-10)17-13(19)9-18-8-11(15)7-16-18/h7-8,10,12H,2-6,9,15H2,1H3,(H,17,19). The van der Waals surface area contributed by atoms with Crippen molar-refractivity contribution in [1.82, 2.24) is 15.1 Å². The lowest BCUT2D eigenvalue weighted by molar-refractivity contribution is -0.149. The highest BCUT2D eigenvalue weighted by atomic mass is 16.5. The summed E-state index contributed by atoms with van der Waals surface area (Å²) in [6.07, 6.45) is 6.26. The second kappa shape index (κ2) is 7.10. The number of nitrogens with zero attached hydrogens (tertiary/aromatic N) is 2. The van der Waals surface area contributed by atoms with Crippen LogP contribution in [0.1, 0.15) is 32.6 Å². The highest BCUT2D eigenvalue weighted by Crippen LogP contribution is 2.25. The summed E-state index contributed by atoms with van der Waals surface area (Å²) < 4.78 is 6.54. The van der Waals surface area contributed by atoms with Crippen LogP contribution >= 0.6 is 0 Å². The molecule has 7 heteroatoms. The molecule has 0 saturated heterocycles. The molecule has 1 fully saturated rings. The second-order valence-electron chi connectivity index (χ2n) is 5.34. The van der Waals surface area contributed by atoms with Crippen molar-refractivity contribution in [3.63, 3.8) is 0 Å². The van der Waals surface area contributed by atoms with Crippen molar-refractivity contribution < 1.29 is 14.3 Å². The lowest BCUT2D eigenvalue weighted by atomic mass is 9.86. The molecule has 1 aromatic rings. The number of hydrogen-bond donors (Lipinski definition) is 2. The van der Waals surface area contributed by atoms with Crippen LogP contribution in [0.4, 0.5) is 5.69 Å². The predicted molar refractivity (Wildman–Crippen MR) is 77.2 cm³/mol. The highest BCUT2D eigenvalue weighted by molar-refractivity contribution is 5.76. The number of rotatable bonds is 5. The minimum atomic E-state index is -0.116. The van der Waals surface area contributed by atoms with E-state index in [1.165, 1.54) is 10.9 Å². The van der Waals surface area contributed by atoms with Crippen LogP contribution in [0.2, 0.25) is 0 Å². The van der Waals surface area contributed by atoms with Crippen LogP contribution in [0.5, 0.6) is 0 Å². The lowest BCUT2D eigenvalue weighted by Crippen LogP contribution is -2.40. The number of nitrogens with two attached hydrogens (primary N) is 1. The van der Waals surface area contributed by atoms with Crippen LogP contribution < -0.4 is 11.1 Å². The molecule has 0 bridgehead atoms. The van der Waals surface area contributed by atoms with Gasteiger partial charge in [0.15, 0.2) is 0 Å². The van der Waals surface area contributed by atoms with Gasteiger partial charge in [-0.2, -0.15) is 5.10 Å². The van der Waals surface area contributed by atoms with Crippen LogP contribution in [-0.4, -0.2) is 34.3 Å². The number of amides is 1. The fourth-order valence-electron chi connectivity index (χ4n) is 2.62. The van der Waals surface area contributed by atoms with Crippen molar-refractivity contribution >= 4 is 17.6 Å². The van der Waals surface area contributed by atoms with Gasteiger partial charge >= 0.3 is 5.97 Å². The zero-order chi connectivity index (χ0) is 15.2. The number of ether oxygens (including phenoxy) is 1. The van der Waals surface area contributed by atoms with Crippen molar-refractivity contribution in [2.75, 3.05) is 12.3 Å². The molecule has 0 unspecified atom stereocenters. The average molecular weight is 294 g/mol. The van der Waals surface area contributed by atoms with E-state index in [1.54, 1.807) is 6.20 Å². The summed E-state index contributed by atoms with van der Waals surface area (Å²) >= 11 is 0. The Bertz CT molecular complexity index is 492. The molecule has 1 amide bonds. The van der Waals surface area contributed by atoms with E-state index < -0.39 is 0 Å². The Balaban J connectivity index is 1.73. The number of esters is 1. The first-order valence-electron chi connectivity index (χ1n) is 7.32.